The fourth-order valence-corrected chi connectivity index (χ4v) is 4.90. The van der Waals surface area contributed by atoms with E-state index in [0.29, 0.717) is 11.4 Å². The summed E-state index contributed by atoms with van der Waals surface area (Å²) >= 11 is 4.60. The molecule has 2 aromatic rings. The molecular formula is C14H18BrN3O4S3. The zero-order valence-corrected chi connectivity index (χ0v) is 17.4. The second-order valence-electron chi connectivity index (χ2n) is 5.05. The zero-order chi connectivity index (χ0) is 18.5. The Morgan fingerprint density at radius 1 is 1.08 bits per heavy atom. The van der Waals surface area contributed by atoms with Crippen LogP contribution < -0.4 is 9.44 Å². The largest absolute Gasteiger partial charge is 0.258 e. The summed E-state index contributed by atoms with van der Waals surface area (Å²) in [7, 11) is -6.97. The van der Waals surface area contributed by atoms with Crippen LogP contribution in [0.25, 0.3) is 10.6 Å². The molecule has 11 heteroatoms. The van der Waals surface area contributed by atoms with Gasteiger partial charge in [0.05, 0.1) is 5.75 Å². The van der Waals surface area contributed by atoms with E-state index in [0.717, 1.165) is 10.0 Å². The minimum atomic E-state index is -3.71. The van der Waals surface area contributed by atoms with Crippen molar-refractivity contribution in [2.24, 2.45) is 0 Å². The van der Waals surface area contributed by atoms with Gasteiger partial charge in [-0.25, -0.2) is 31.3 Å². The molecule has 0 amide bonds. The highest BCUT2D eigenvalue weighted by Gasteiger charge is 2.18. The van der Waals surface area contributed by atoms with Gasteiger partial charge >= 0.3 is 0 Å². The molecule has 0 bridgehead atoms. The predicted molar refractivity (Wildman–Crippen MR) is 103 cm³/mol. The van der Waals surface area contributed by atoms with Gasteiger partial charge in [0.15, 0.2) is 5.03 Å². The third kappa shape index (κ3) is 6.12. The number of nitrogens with zero attached hydrogens (tertiary/aromatic N) is 1. The molecule has 0 fully saturated rings. The molecule has 1 heterocycles. The summed E-state index contributed by atoms with van der Waals surface area (Å²) in [4.78, 5) is 4.17. The average Bonchev–Trinajstić information content (AvgIpc) is 3.06. The van der Waals surface area contributed by atoms with Gasteiger partial charge in [-0.05, 0) is 25.5 Å². The highest BCUT2D eigenvalue weighted by atomic mass is 79.9. The van der Waals surface area contributed by atoms with Crippen molar-refractivity contribution in [2.75, 3.05) is 18.8 Å². The number of hydrogen-bond acceptors (Lipinski definition) is 6. The Labute approximate surface area is 160 Å². The lowest BCUT2D eigenvalue weighted by Crippen LogP contribution is -2.30. The van der Waals surface area contributed by atoms with Crippen LogP contribution in [0.15, 0.2) is 39.1 Å². The molecule has 0 radical (unpaired) electrons. The first-order valence-corrected chi connectivity index (χ1v) is 12.2. The molecule has 0 atom stereocenters. The molecular weight excluding hydrogens is 450 g/mol. The highest BCUT2D eigenvalue weighted by Crippen LogP contribution is 2.26. The summed E-state index contributed by atoms with van der Waals surface area (Å²) in [6, 6.07) is 7.43. The molecule has 25 heavy (non-hydrogen) atoms. The minimum Gasteiger partial charge on any atom is -0.223 e. The molecule has 0 saturated heterocycles. The second-order valence-corrected chi connectivity index (χ2v) is 10.6. The van der Waals surface area contributed by atoms with E-state index in [2.05, 4.69) is 30.4 Å². The SMILES string of the molecule is CCS(=O)(=O)NCCCNS(=O)(=O)c1csc(-c2ccc(Br)cc2)n1. The number of hydrogen-bond donors (Lipinski definition) is 2. The van der Waals surface area contributed by atoms with Crippen LogP contribution in [0.2, 0.25) is 0 Å². The zero-order valence-electron chi connectivity index (χ0n) is 13.4. The van der Waals surface area contributed by atoms with Crippen LogP contribution >= 0.6 is 27.3 Å². The van der Waals surface area contributed by atoms with Gasteiger partial charge in [0.25, 0.3) is 10.0 Å². The van der Waals surface area contributed by atoms with E-state index >= 15 is 0 Å². The Morgan fingerprint density at radius 3 is 2.36 bits per heavy atom. The monoisotopic (exact) mass is 467 g/mol. The summed E-state index contributed by atoms with van der Waals surface area (Å²) in [6.07, 6.45) is 0.349. The van der Waals surface area contributed by atoms with Crippen molar-refractivity contribution in [1.29, 1.82) is 0 Å². The average molecular weight is 468 g/mol. The maximum absolute atomic E-state index is 12.2. The molecule has 0 saturated carbocycles. The quantitative estimate of drug-likeness (QED) is 0.549. The number of nitrogens with one attached hydrogen (secondary N) is 2. The summed E-state index contributed by atoms with van der Waals surface area (Å²) in [5, 5.41) is 2.06. The Kier molecular flexibility index (Phi) is 7.11. The molecule has 2 N–H and O–H groups in total. The number of benzene rings is 1. The number of sulfonamides is 2. The van der Waals surface area contributed by atoms with Gasteiger partial charge in [0, 0.05) is 28.5 Å². The first-order valence-electron chi connectivity index (χ1n) is 7.42. The predicted octanol–water partition coefficient (Wildman–Crippen LogP) is 2.18. The van der Waals surface area contributed by atoms with E-state index in [1.807, 2.05) is 24.3 Å². The first-order chi connectivity index (χ1) is 11.7. The van der Waals surface area contributed by atoms with Gasteiger partial charge in [-0.15, -0.1) is 11.3 Å². The summed E-state index contributed by atoms with van der Waals surface area (Å²) in [5.41, 5.74) is 0.837. The first kappa shape index (κ1) is 20.5. The second kappa shape index (κ2) is 8.69. The van der Waals surface area contributed by atoms with Crippen molar-refractivity contribution in [3.8, 4) is 10.6 Å². The topological polar surface area (TPSA) is 105 Å². The van der Waals surface area contributed by atoms with Crippen molar-refractivity contribution in [3.63, 3.8) is 0 Å². The molecule has 1 aromatic carbocycles. The molecule has 0 aliphatic carbocycles. The van der Waals surface area contributed by atoms with E-state index in [1.165, 1.54) is 23.6 Å². The van der Waals surface area contributed by atoms with Crippen molar-refractivity contribution >= 4 is 47.3 Å². The van der Waals surface area contributed by atoms with Crippen LogP contribution in [0.4, 0.5) is 0 Å². The van der Waals surface area contributed by atoms with Gasteiger partial charge in [-0.2, -0.15) is 0 Å². The molecule has 1 aromatic heterocycles. The number of thiazole rings is 1. The van der Waals surface area contributed by atoms with Gasteiger partial charge in [-0.3, -0.25) is 0 Å². The minimum absolute atomic E-state index is 0.00359. The Balaban J connectivity index is 1.93. The molecule has 2 rings (SSSR count). The Bertz CT molecular complexity index is 909. The lowest BCUT2D eigenvalue weighted by atomic mass is 10.2. The smallest absolute Gasteiger partial charge is 0.223 e. The molecule has 0 aliphatic rings. The maximum Gasteiger partial charge on any atom is 0.258 e. The molecule has 138 valence electrons. The summed E-state index contributed by atoms with van der Waals surface area (Å²) in [5.74, 6) is -0.00359. The van der Waals surface area contributed by atoms with Crippen LogP contribution in [-0.2, 0) is 20.0 Å². The van der Waals surface area contributed by atoms with Crippen molar-refractivity contribution < 1.29 is 16.8 Å². The summed E-state index contributed by atoms with van der Waals surface area (Å²) < 4.78 is 52.8. The van der Waals surface area contributed by atoms with E-state index in [1.54, 1.807) is 0 Å². The Hall–Kier alpha value is -0.850. The normalized spacial score (nSPS) is 12.4. The lowest BCUT2D eigenvalue weighted by molar-refractivity contribution is 0.571. The van der Waals surface area contributed by atoms with E-state index in [-0.39, 0.29) is 23.9 Å². The van der Waals surface area contributed by atoms with E-state index < -0.39 is 20.0 Å². The van der Waals surface area contributed by atoms with Crippen molar-refractivity contribution in [3.05, 3.63) is 34.1 Å². The van der Waals surface area contributed by atoms with Crippen LogP contribution in [-0.4, -0.2) is 40.7 Å². The molecule has 0 unspecified atom stereocenters. The maximum atomic E-state index is 12.2. The number of rotatable bonds is 9. The van der Waals surface area contributed by atoms with E-state index in [4.69, 9.17) is 0 Å². The molecule has 7 nitrogen and oxygen atoms in total. The highest BCUT2D eigenvalue weighted by molar-refractivity contribution is 9.10. The third-order valence-corrected chi connectivity index (χ3v) is 7.51. The van der Waals surface area contributed by atoms with Crippen molar-refractivity contribution in [1.82, 2.24) is 14.4 Å². The standard InChI is InChI=1S/C14H18BrN3O4S3/c1-2-24(19,20)16-8-3-9-17-25(21,22)13-10-23-14(18-13)11-4-6-12(15)7-5-11/h4-7,10,16-17H,2-3,8-9H2,1H3. The van der Waals surface area contributed by atoms with Crippen LogP contribution in [0, 0.1) is 0 Å². The molecule has 0 aliphatic heterocycles. The molecule has 0 spiro atoms. The van der Waals surface area contributed by atoms with E-state index in [9.17, 15) is 16.8 Å². The fraction of sp³-hybridized carbons (Fsp3) is 0.357. The van der Waals surface area contributed by atoms with Crippen LogP contribution in [0.1, 0.15) is 13.3 Å². The fourth-order valence-electron chi connectivity index (χ4n) is 1.81. The van der Waals surface area contributed by atoms with Gasteiger partial charge < -0.3 is 0 Å². The lowest BCUT2D eigenvalue weighted by Gasteiger charge is -2.06. The number of aromatic nitrogens is 1. The third-order valence-electron chi connectivity index (χ3n) is 3.20. The van der Waals surface area contributed by atoms with Gasteiger partial charge in [-0.1, -0.05) is 28.1 Å². The van der Waals surface area contributed by atoms with Gasteiger partial charge in [0.2, 0.25) is 10.0 Å². The summed E-state index contributed by atoms with van der Waals surface area (Å²) in [6.45, 7) is 1.84. The van der Waals surface area contributed by atoms with Crippen LogP contribution in [0.3, 0.4) is 0 Å². The Morgan fingerprint density at radius 2 is 1.72 bits per heavy atom. The van der Waals surface area contributed by atoms with Crippen molar-refractivity contribution in [2.45, 2.75) is 18.4 Å². The number of halogens is 1. The van der Waals surface area contributed by atoms with Crippen LogP contribution in [0.5, 0.6) is 0 Å². The van der Waals surface area contributed by atoms with Gasteiger partial charge in [0.1, 0.15) is 5.01 Å².